The van der Waals surface area contributed by atoms with Crippen molar-refractivity contribution in [3.8, 4) is 0 Å². The minimum atomic E-state index is -0.844. The maximum atomic E-state index is 11.1. The Balaban J connectivity index is 2.77. The number of benzene rings is 1. The molecule has 0 saturated carbocycles. The molecule has 0 fully saturated rings. The number of hydrogen-bond donors (Lipinski definition) is 2. The molecule has 3 nitrogen and oxygen atoms in total. The second-order valence-electron chi connectivity index (χ2n) is 3.87. The number of aliphatic carboxylic acids is 1. The van der Waals surface area contributed by atoms with Gasteiger partial charge in [-0.25, -0.2) is 0 Å². The molecule has 88 valence electrons. The molecule has 1 aromatic rings. The molecule has 0 spiro atoms. The summed E-state index contributed by atoms with van der Waals surface area (Å²) in [5, 5.41) is 18.3. The lowest BCUT2D eigenvalue weighted by Crippen LogP contribution is -2.14. The molecule has 1 rings (SSSR count). The third-order valence-electron chi connectivity index (χ3n) is 2.44. The van der Waals surface area contributed by atoms with Gasteiger partial charge in [0.1, 0.15) is 0 Å². The Morgan fingerprint density at radius 3 is 2.31 bits per heavy atom. The smallest absolute Gasteiger partial charge is 0.310 e. The van der Waals surface area contributed by atoms with Crippen LogP contribution in [0.15, 0.2) is 28.7 Å². The van der Waals surface area contributed by atoms with Crippen LogP contribution in [-0.4, -0.2) is 22.3 Å². The molecule has 2 atom stereocenters. The monoisotopic (exact) mass is 286 g/mol. The van der Waals surface area contributed by atoms with E-state index in [-0.39, 0.29) is 0 Å². The third kappa shape index (κ3) is 3.94. The van der Waals surface area contributed by atoms with Crippen LogP contribution in [0.5, 0.6) is 0 Å². The fourth-order valence-corrected chi connectivity index (χ4v) is 1.80. The SMILES string of the molecule is CC(O)CCC(C(=O)O)c1ccc(Br)cc1. The standard InChI is InChI=1S/C12H15BrO3/c1-8(14)2-7-11(12(15)16)9-3-5-10(13)6-4-9/h3-6,8,11,14H,2,7H2,1H3,(H,15,16). The molecular weight excluding hydrogens is 272 g/mol. The molecule has 0 aliphatic heterocycles. The van der Waals surface area contributed by atoms with Crippen molar-refractivity contribution in [3.05, 3.63) is 34.3 Å². The van der Waals surface area contributed by atoms with E-state index in [0.29, 0.717) is 12.8 Å². The van der Waals surface area contributed by atoms with Gasteiger partial charge >= 0.3 is 5.97 Å². The Morgan fingerprint density at radius 2 is 1.88 bits per heavy atom. The Labute approximate surface area is 103 Å². The van der Waals surface area contributed by atoms with Crippen LogP contribution in [0.2, 0.25) is 0 Å². The van der Waals surface area contributed by atoms with Gasteiger partial charge in [0.15, 0.2) is 0 Å². The molecule has 0 aliphatic rings. The lowest BCUT2D eigenvalue weighted by Gasteiger charge is -2.13. The second kappa shape index (κ2) is 6.01. The van der Waals surface area contributed by atoms with Gasteiger partial charge in [0.25, 0.3) is 0 Å². The summed E-state index contributed by atoms with van der Waals surface area (Å²) in [6, 6.07) is 7.25. The normalized spacial score (nSPS) is 14.4. The van der Waals surface area contributed by atoms with Crippen LogP contribution in [0.25, 0.3) is 0 Å². The zero-order valence-electron chi connectivity index (χ0n) is 9.06. The van der Waals surface area contributed by atoms with Gasteiger partial charge in [-0.1, -0.05) is 28.1 Å². The Kier molecular flexibility index (Phi) is 4.96. The minimum Gasteiger partial charge on any atom is -0.481 e. The van der Waals surface area contributed by atoms with E-state index in [1.807, 2.05) is 12.1 Å². The van der Waals surface area contributed by atoms with Crippen LogP contribution in [0, 0.1) is 0 Å². The molecule has 2 N–H and O–H groups in total. The number of halogens is 1. The van der Waals surface area contributed by atoms with Gasteiger partial charge < -0.3 is 10.2 Å². The number of carbonyl (C=O) groups is 1. The molecule has 0 saturated heterocycles. The zero-order valence-corrected chi connectivity index (χ0v) is 10.6. The summed E-state index contributed by atoms with van der Waals surface area (Å²) in [5.41, 5.74) is 0.774. The molecule has 0 radical (unpaired) electrons. The summed E-state index contributed by atoms with van der Waals surface area (Å²) in [6.07, 6.45) is 0.485. The molecule has 0 amide bonds. The topological polar surface area (TPSA) is 57.5 Å². The number of hydrogen-bond acceptors (Lipinski definition) is 2. The van der Waals surface area contributed by atoms with E-state index >= 15 is 0 Å². The van der Waals surface area contributed by atoms with Crippen molar-refractivity contribution in [2.24, 2.45) is 0 Å². The predicted octanol–water partition coefficient (Wildman–Crippen LogP) is 2.78. The molecule has 4 heteroatoms. The van der Waals surface area contributed by atoms with E-state index in [1.54, 1.807) is 19.1 Å². The molecule has 0 aliphatic carbocycles. The highest BCUT2D eigenvalue weighted by molar-refractivity contribution is 9.10. The first-order valence-electron chi connectivity index (χ1n) is 5.17. The summed E-state index contributed by atoms with van der Waals surface area (Å²) in [6.45, 7) is 1.67. The van der Waals surface area contributed by atoms with Gasteiger partial charge in [-0.15, -0.1) is 0 Å². The Morgan fingerprint density at radius 1 is 1.31 bits per heavy atom. The average molecular weight is 287 g/mol. The number of aliphatic hydroxyl groups is 1. The number of rotatable bonds is 5. The second-order valence-corrected chi connectivity index (χ2v) is 4.78. The van der Waals surface area contributed by atoms with Crippen molar-refractivity contribution in [2.45, 2.75) is 31.8 Å². The first kappa shape index (κ1) is 13.2. The molecule has 1 aromatic carbocycles. The minimum absolute atomic E-state index is 0.453. The molecule has 2 unspecified atom stereocenters. The molecular formula is C12H15BrO3. The highest BCUT2D eigenvalue weighted by Gasteiger charge is 2.19. The van der Waals surface area contributed by atoms with Crippen LogP contribution in [-0.2, 0) is 4.79 Å². The maximum absolute atomic E-state index is 11.1. The predicted molar refractivity (Wildman–Crippen MR) is 65.4 cm³/mol. The lowest BCUT2D eigenvalue weighted by molar-refractivity contribution is -0.139. The summed E-state index contributed by atoms with van der Waals surface area (Å²) >= 11 is 3.31. The van der Waals surface area contributed by atoms with Crippen molar-refractivity contribution in [2.75, 3.05) is 0 Å². The van der Waals surface area contributed by atoms with Crippen molar-refractivity contribution < 1.29 is 15.0 Å². The number of carboxylic acids is 1. The molecule has 0 bridgehead atoms. The van der Waals surface area contributed by atoms with E-state index in [4.69, 9.17) is 5.11 Å². The summed E-state index contributed by atoms with van der Waals surface area (Å²) in [4.78, 5) is 11.1. The van der Waals surface area contributed by atoms with Crippen LogP contribution in [0.4, 0.5) is 0 Å². The molecule has 0 heterocycles. The number of aliphatic hydroxyl groups excluding tert-OH is 1. The Bertz CT molecular complexity index is 346. The fraction of sp³-hybridized carbons (Fsp3) is 0.417. The van der Waals surface area contributed by atoms with E-state index in [9.17, 15) is 9.90 Å². The van der Waals surface area contributed by atoms with Gasteiger partial charge in [-0.05, 0) is 37.5 Å². The molecule has 0 aromatic heterocycles. The van der Waals surface area contributed by atoms with E-state index in [2.05, 4.69) is 15.9 Å². The van der Waals surface area contributed by atoms with Crippen LogP contribution in [0.3, 0.4) is 0 Å². The van der Waals surface area contributed by atoms with E-state index < -0.39 is 18.0 Å². The number of carboxylic acid groups (broad SMARTS) is 1. The van der Waals surface area contributed by atoms with Gasteiger partial charge in [0.2, 0.25) is 0 Å². The van der Waals surface area contributed by atoms with Gasteiger partial charge in [0.05, 0.1) is 12.0 Å². The van der Waals surface area contributed by atoms with Gasteiger partial charge in [0, 0.05) is 4.47 Å². The van der Waals surface area contributed by atoms with Gasteiger partial charge in [-0.2, -0.15) is 0 Å². The van der Waals surface area contributed by atoms with Crippen LogP contribution in [0.1, 0.15) is 31.2 Å². The van der Waals surface area contributed by atoms with Crippen LogP contribution < -0.4 is 0 Å². The Hall–Kier alpha value is -0.870. The van der Waals surface area contributed by atoms with E-state index in [1.165, 1.54) is 0 Å². The first-order chi connectivity index (χ1) is 7.50. The average Bonchev–Trinajstić information content (AvgIpc) is 2.20. The summed E-state index contributed by atoms with van der Waals surface area (Å²) in [5.74, 6) is -1.38. The summed E-state index contributed by atoms with van der Waals surface area (Å²) in [7, 11) is 0. The maximum Gasteiger partial charge on any atom is 0.310 e. The first-order valence-corrected chi connectivity index (χ1v) is 5.96. The largest absolute Gasteiger partial charge is 0.481 e. The van der Waals surface area contributed by atoms with Gasteiger partial charge in [-0.3, -0.25) is 4.79 Å². The highest BCUT2D eigenvalue weighted by Crippen LogP contribution is 2.24. The summed E-state index contributed by atoms with van der Waals surface area (Å²) < 4.78 is 0.927. The lowest BCUT2D eigenvalue weighted by atomic mass is 9.93. The molecule has 16 heavy (non-hydrogen) atoms. The quantitative estimate of drug-likeness (QED) is 0.875. The fourth-order valence-electron chi connectivity index (χ4n) is 1.54. The van der Waals surface area contributed by atoms with Crippen molar-refractivity contribution in [1.82, 2.24) is 0 Å². The van der Waals surface area contributed by atoms with Crippen molar-refractivity contribution in [3.63, 3.8) is 0 Å². The van der Waals surface area contributed by atoms with E-state index in [0.717, 1.165) is 10.0 Å². The van der Waals surface area contributed by atoms with Crippen molar-refractivity contribution in [1.29, 1.82) is 0 Å². The van der Waals surface area contributed by atoms with Crippen LogP contribution >= 0.6 is 15.9 Å². The third-order valence-corrected chi connectivity index (χ3v) is 2.97. The van der Waals surface area contributed by atoms with Crippen molar-refractivity contribution >= 4 is 21.9 Å². The zero-order chi connectivity index (χ0) is 12.1. The highest BCUT2D eigenvalue weighted by atomic mass is 79.9.